The number of hydrogen-bond acceptors (Lipinski definition) is 4. The molecule has 0 atom stereocenters. The molecule has 1 aromatic carbocycles. The molecule has 2 heterocycles. The van der Waals surface area contributed by atoms with Crippen molar-refractivity contribution in [3.63, 3.8) is 0 Å². The van der Waals surface area contributed by atoms with Crippen molar-refractivity contribution in [3.8, 4) is 0 Å². The highest BCUT2D eigenvalue weighted by molar-refractivity contribution is 5.77. The van der Waals surface area contributed by atoms with Gasteiger partial charge < -0.3 is 20.5 Å². The molecule has 0 bridgehead atoms. The molecule has 5 heteroatoms. The molecule has 0 unspecified atom stereocenters. The summed E-state index contributed by atoms with van der Waals surface area (Å²) in [5.41, 5.74) is 7.74. The summed E-state index contributed by atoms with van der Waals surface area (Å²) in [5.74, 6) is 1.02. The second-order valence-electron chi connectivity index (χ2n) is 6.11. The van der Waals surface area contributed by atoms with Gasteiger partial charge in [-0.2, -0.15) is 0 Å². The van der Waals surface area contributed by atoms with Crippen LogP contribution in [0.5, 0.6) is 0 Å². The molecule has 1 fully saturated rings. The molecule has 2 aromatic rings. The van der Waals surface area contributed by atoms with Crippen molar-refractivity contribution in [3.05, 3.63) is 24.3 Å². The van der Waals surface area contributed by atoms with Crippen molar-refractivity contribution in [1.82, 2.24) is 14.9 Å². The number of hydrogen-bond donors (Lipinski definition) is 2. The van der Waals surface area contributed by atoms with Crippen LogP contribution in [0.1, 0.15) is 25.7 Å². The topological polar surface area (TPSA) is 61.2 Å². The lowest BCUT2D eigenvalue weighted by molar-refractivity contribution is 0.286. The van der Waals surface area contributed by atoms with Gasteiger partial charge in [-0.05, 0) is 51.0 Å². The van der Waals surface area contributed by atoms with Crippen LogP contribution in [0, 0.1) is 0 Å². The quantitative estimate of drug-likeness (QED) is 0.803. The number of aromatic amines is 1. The molecule has 5 nitrogen and oxygen atoms in total. The van der Waals surface area contributed by atoms with E-state index in [1.54, 1.807) is 0 Å². The number of aromatic nitrogens is 2. The standard InChI is InChI=1S/C17H27N5/c18-9-4-1-5-10-21-11-6-12-22(14-13-21)17-19-15-7-2-3-8-16(15)20-17/h2-3,7-8H,1,4-6,9-14,18H2,(H,19,20). The molecule has 1 aliphatic heterocycles. The molecule has 1 saturated heterocycles. The summed E-state index contributed by atoms with van der Waals surface area (Å²) in [6.07, 6.45) is 4.87. The summed E-state index contributed by atoms with van der Waals surface area (Å²) in [7, 11) is 0. The molecule has 1 aliphatic rings. The van der Waals surface area contributed by atoms with E-state index in [-0.39, 0.29) is 0 Å². The lowest BCUT2D eigenvalue weighted by atomic mass is 10.2. The zero-order valence-electron chi connectivity index (χ0n) is 13.3. The van der Waals surface area contributed by atoms with E-state index < -0.39 is 0 Å². The van der Waals surface area contributed by atoms with E-state index in [4.69, 9.17) is 10.7 Å². The van der Waals surface area contributed by atoms with E-state index in [1.165, 1.54) is 32.4 Å². The van der Waals surface area contributed by atoms with E-state index in [0.29, 0.717) is 0 Å². The van der Waals surface area contributed by atoms with E-state index in [2.05, 4.69) is 33.0 Å². The number of anilines is 1. The SMILES string of the molecule is NCCCCCN1CCCN(c2nc3ccccc3[nH]2)CC1. The lowest BCUT2D eigenvalue weighted by Gasteiger charge is -2.21. The molecular formula is C17H27N5. The van der Waals surface area contributed by atoms with E-state index in [1.807, 2.05) is 6.07 Å². The van der Waals surface area contributed by atoms with Gasteiger partial charge in [0.25, 0.3) is 0 Å². The van der Waals surface area contributed by atoms with Crippen LogP contribution in [0.15, 0.2) is 24.3 Å². The maximum Gasteiger partial charge on any atom is 0.203 e. The first kappa shape index (κ1) is 15.3. The van der Waals surface area contributed by atoms with Crippen molar-refractivity contribution in [2.24, 2.45) is 5.73 Å². The predicted molar refractivity (Wildman–Crippen MR) is 92.3 cm³/mol. The fourth-order valence-electron chi connectivity index (χ4n) is 3.15. The Morgan fingerprint density at radius 1 is 1.05 bits per heavy atom. The van der Waals surface area contributed by atoms with Gasteiger partial charge in [0.1, 0.15) is 0 Å². The molecule has 3 rings (SSSR count). The molecule has 0 radical (unpaired) electrons. The fourth-order valence-corrected chi connectivity index (χ4v) is 3.15. The average Bonchev–Trinajstić information content (AvgIpc) is 2.83. The maximum atomic E-state index is 5.56. The molecule has 0 amide bonds. The maximum absolute atomic E-state index is 5.56. The first-order valence-electron chi connectivity index (χ1n) is 8.49. The van der Waals surface area contributed by atoms with Gasteiger partial charge >= 0.3 is 0 Å². The normalized spacial score (nSPS) is 17.0. The third-order valence-electron chi connectivity index (χ3n) is 4.44. The number of imidazole rings is 1. The van der Waals surface area contributed by atoms with Gasteiger partial charge in [0.05, 0.1) is 11.0 Å². The second kappa shape index (κ2) is 7.61. The lowest BCUT2D eigenvalue weighted by Crippen LogP contribution is -2.31. The predicted octanol–water partition coefficient (Wildman–Crippen LogP) is 2.20. The van der Waals surface area contributed by atoms with E-state index in [0.717, 1.165) is 49.6 Å². The number of fused-ring (bicyclic) bond motifs is 1. The van der Waals surface area contributed by atoms with Gasteiger partial charge in [-0.3, -0.25) is 0 Å². The smallest absolute Gasteiger partial charge is 0.203 e. The number of H-pyrrole nitrogens is 1. The third-order valence-corrected chi connectivity index (χ3v) is 4.44. The van der Waals surface area contributed by atoms with Crippen molar-refractivity contribution >= 4 is 17.0 Å². The molecule has 0 saturated carbocycles. The van der Waals surface area contributed by atoms with Gasteiger partial charge in [-0.1, -0.05) is 18.6 Å². The van der Waals surface area contributed by atoms with Crippen LogP contribution in [0.4, 0.5) is 5.95 Å². The molecule has 1 aromatic heterocycles. The minimum atomic E-state index is 0.819. The zero-order valence-corrected chi connectivity index (χ0v) is 13.3. The highest BCUT2D eigenvalue weighted by atomic mass is 15.3. The number of para-hydroxylation sites is 2. The van der Waals surface area contributed by atoms with Crippen LogP contribution in [0.2, 0.25) is 0 Å². The number of nitrogens with two attached hydrogens (primary N) is 1. The van der Waals surface area contributed by atoms with Crippen molar-refractivity contribution in [2.75, 3.05) is 44.2 Å². The summed E-state index contributed by atoms with van der Waals surface area (Å²) in [5, 5.41) is 0. The van der Waals surface area contributed by atoms with Crippen LogP contribution in [0.3, 0.4) is 0 Å². The first-order chi connectivity index (χ1) is 10.9. The third kappa shape index (κ3) is 3.78. The number of nitrogens with one attached hydrogen (secondary N) is 1. The van der Waals surface area contributed by atoms with Gasteiger partial charge in [0.15, 0.2) is 0 Å². The van der Waals surface area contributed by atoms with Crippen LogP contribution in [-0.2, 0) is 0 Å². The Kier molecular flexibility index (Phi) is 5.29. The van der Waals surface area contributed by atoms with Crippen LogP contribution < -0.4 is 10.6 Å². The van der Waals surface area contributed by atoms with Crippen molar-refractivity contribution in [2.45, 2.75) is 25.7 Å². The van der Waals surface area contributed by atoms with E-state index in [9.17, 15) is 0 Å². The summed E-state index contributed by atoms with van der Waals surface area (Å²) in [6, 6.07) is 8.25. The molecule has 0 aliphatic carbocycles. The van der Waals surface area contributed by atoms with Crippen molar-refractivity contribution in [1.29, 1.82) is 0 Å². The Balaban J connectivity index is 1.55. The highest BCUT2D eigenvalue weighted by Gasteiger charge is 2.17. The number of nitrogens with zero attached hydrogens (tertiary/aromatic N) is 3. The fraction of sp³-hybridized carbons (Fsp3) is 0.588. The molecule has 120 valence electrons. The Bertz CT molecular complexity index is 546. The van der Waals surface area contributed by atoms with Crippen LogP contribution in [-0.4, -0.2) is 54.1 Å². The van der Waals surface area contributed by atoms with Gasteiger partial charge in [0.2, 0.25) is 5.95 Å². The minimum Gasteiger partial charge on any atom is -0.341 e. The molecule has 22 heavy (non-hydrogen) atoms. The summed E-state index contributed by atoms with van der Waals surface area (Å²) in [4.78, 5) is 13.1. The Labute approximate surface area is 132 Å². The number of rotatable bonds is 6. The van der Waals surface area contributed by atoms with Gasteiger partial charge in [-0.25, -0.2) is 4.98 Å². The second-order valence-corrected chi connectivity index (χ2v) is 6.11. The molecule has 0 spiro atoms. The summed E-state index contributed by atoms with van der Waals surface area (Å²) in [6.45, 7) is 6.47. The van der Waals surface area contributed by atoms with Gasteiger partial charge in [-0.15, -0.1) is 0 Å². The Hall–Kier alpha value is -1.59. The first-order valence-corrected chi connectivity index (χ1v) is 8.49. The summed E-state index contributed by atoms with van der Waals surface area (Å²) < 4.78 is 0. The monoisotopic (exact) mass is 301 g/mol. The molecule has 3 N–H and O–H groups in total. The average molecular weight is 301 g/mol. The number of benzene rings is 1. The minimum absolute atomic E-state index is 0.819. The number of unbranched alkanes of at least 4 members (excludes halogenated alkanes) is 2. The van der Waals surface area contributed by atoms with E-state index >= 15 is 0 Å². The van der Waals surface area contributed by atoms with Crippen LogP contribution in [0.25, 0.3) is 11.0 Å². The highest BCUT2D eigenvalue weighted by Crippen LogP contribution is 2.18. The Morgan fingerprint density at radius 3 is 2.82 bits per heavy atom. The Morgan fingerprint density at radius 2 is 1.95 bits per heavy atom. The van der Waals surface area contributed by atoms with Crippen molar-refractivity contribution < 1.29 is 0 Å². The largest absolute Gasteiger partial charge is 0.341 e. The summed E-state index contributed by atoms with van der Waals surface area (Å²) >= 11 is 0. The van der Waals surface area contributed by atoms with Crippen LogP contribution >= 0.6 is 0 Å². The zero-order chi connectivity index (χ0) is 15.2. The molecular weight excluding hydrogens is 274 g/mol. The van der Waals surface area contributed by atoms with Gasteiger partial charge in [0, 0.05) is 19.6 Å².